The van der Waals surface area contributed by atoms with Gasteiger partial charge in [0.2, 0.25) is 0 Å². The van der Waals surface area contributed by atoms with Crippen LogP contribution in [0.2, 0.25) is 0 Å². The first-order chi connectivity index (χ1) is 10.8. The van der Waals surface area contributed by atoms with Crippen LogP contribution in [-0.4, -0.2) is 39.1 Å². The fourth-order valence-corrected chi connectivity index (χ4v) is 3.10. The van der Waals surface area contributed by atoms with Crippen LogP contribution in [0.3, 0.4) is 0 Å². The van der Waals surface area contributed by atoms with Crippen LogP contribution in [0.15, 0.2) is 36.5 Å². The van der Waals surface area contributed by atoms with Gasteiger partial charge in [0.25, 0.3) is 5.91 Å². The summed E-state index contributed by atoms with van der Waals surface area (Å²) < 4.78 is 0. The third kappa shape index (κ3) is 2.28. The molecule has 0 spiro atoms. The van der Waals surface area contributed by atoms with E-state index in [1.807, 2.05) is 29.2 Å². The van der Waals surface area contributed by atoms with Crippen LogP contribution in [0.25, 0.3) is 22.3 Å². The van der Waals surface area contributed by atoms with Gasteiger partial charge in [0, 0.05) is 35.8 Å². The lowest BCUT2D eigenvalue weighted by Gasteiger charge is -2.26. The van der Waals surface area contributed by atoms with Gasteiger partial charge in [-0.3, -0.25) is 9.89 Å². The van der Waals surface area contributed by atoms with Gasteiger partial charge in [0.05, 0.1) is 11.4 Å². The second-order valence-electron chi connectivity index (χ2n) is 5.81. The van der Waals surface area contributed by atoms with E-state index in [0.29, 0.717) is 0 Å². The number of amides is 1. The van der Waals surface area contributed by atoms with Gasteiger partial charge in [0.1, 0.15) is 0 Å². The lowest BCUT2D eigenvalue weighted by Crippen LogP contribution is -2.35. The molecule has 2 aromatic heterocycles. The molecule has 0 bridgehead atoms. The summed E-state index contributed by atoms with van der Waals surface area (Å²) in [6.45, 7) is 1.76. The average molecular weight is 294 g/mol. The SMILES string of the molecule is O=C(c1ccc2[nH]c(-c3ccn[nH]3)cc2c1)N1CCCCC1. The molecule has 5 heteroatoms. The molecule has 22 heavy (non-hydrogen) atoms. The fraction of sp³-hybridized carbons (Fsp3) is 0.294. The van der Waals surface area contributed by atoms with Crippen LogP contribution < -0.4 is 0 Å². The largest absolute Gasteiger partial charge is 0.353 e. The minimum Gasteiger partial charge on any atom is -0.353 e. The van der Waals surface area contributed by atoms with E-state index in [-0.39, 0.29) is 5.91 Å². The van der Waals surface area contributed by atoms with Crippen LogP contribution in [-0.2, 0) is 0 Å². The summed E-state index contributed by atoms with van der Waals surface area (Å²) in [4.78, 5) is 17.9. The molecule has 1 aliphatic rings. The Kier molecular flexibility index (Phi) is 3.18. The number of fused-ring (bicyclic) bond motifs is 1. The summed E-state index contributed by atoms with van der Waals surface area (Å²) in [5.41, 5.74) is 3.72. The lowest BCUT2D eigenvalue weighted by atomic mass is 10.1. The summed E-state index contributed by atoms with van der Waals surface area (Å²) in [6.07, 6.45) is 5.19. The van der Waals surface area contributed by atoms with Gasteiger partial charge in [-0.25, -0.2) is 0 Å². The molecular weight excluding hydrogens is 276 g/mol. The Morgan fingerprint density at radius 2 is 1.91 bits per heavy atom. The van der Waals surface area contributed by atoms with Crippen molar-refractivity contribution in [3.8, 4) is 11.4 Å². The number of piperidine rings is 1. The number of H-pyrrole nitrogens is 2. The van der Waals surface area contributed by atoms with E-state index in [9.17, 15) is 4.79 Å². The monoisotopic (exact) mass is 294 g/mol. The average Bonchev–Trinajstić information content (AvgIpc) is 3.23. The first-order valence-electron chi connectivity index (χ1n) is 7.73. The van der Waals surface area contributed by atoms with Crippen molar-refractivity contribution in [2.45, 2.75) is 19.3 Å². The van der Waals surface area contributed by atoms with Crippen molar-refractivity contribution in [2.24, 2.45) is 0 Å². The van der Waals surface area contributed by atoms with Crippen molar-refractivity contribution in [3.63, 3.8) is 0 Å². The number of rotatable bonds is 2. The van der Waals surface area contributed by atoms with Crippen LogP contribution >= 0.6 is 0 Å². The van der Waals surface area contributed by atoms with E-state index in [4.69, 9.17) is 0 Å². The zero-order chi connectivity index (χ0) is 14.9. The Bertz CT molecular complexity index is 797. The first-order valence-corrected chi connectivity index (χ1v) is 7.73. The highest BCUT2D eigenvalue weighted by atomic mass is 16.2. The Hall–Kier alpha value is -2.56. The molecule has 1 aliphatic heterocycles. The number of nitrogens with one attached hydrogen (secondary N) is 2. The second kappa shape index (κ2) is 5.33. The maximum absolute atomic E-state index is 12.6. The van der Waals surface area contributed by atoms with Crippen molar-refractivity contribution >= 4 is 16.8 Å². The topological polar surface area (TPSA) is 64.8 Å². The summed E-state index contributed by atoms with van der Waals surface area (Å²) in [5, 5.41) is 7.97. The van der Waals surface area contributed by atoms with E-state index in [2.05, 4.69) is 21.2 Å². The van der Waals surface area contributed by atoms with Crippen LogP contribution in [0.4, 0.5) is 0 Å². The number of nitrogens with zero attached hydrogens (tertiary/aromatic N) is 2. The molecule has 3 aromatic rings. The van der Waals surface area contributed by atoms with Gasteiger partial charge in [-0.15, -0.1) is 0 Å². The molecule has 0 unspecified atom stereocenters. The van der Waals surface area contributed by atoms with Gasteiger partial charge in [-0.1, -0.05) is 0 Å². The summed E-state index contributed by atoms with van der Waals surface area (Å²) in [5.74, 6) is 0.144. The molecule has 1 aromatic carbocycles. The molecule has 112 valence electrons. The minimum atomic E-state index is 0.144. The van der Waals surface area contributed by atoms with Crippen molar-refractivity contribution in [2.75, 3.05) is 13.1 Å². The summed E-state index contributed by atoms with van der Waals surface area (Å²) >= 11 is 0. The third-order valence-corrected chi connectivity index (χ3v) is 4.30. The summed E-state index contributed by atoms with van der Waals surface area (Å²) in [7, 11) is 0. The minimum absolute atomic E-state index is 0.144. The molecule has 0 atom stereocenters. The number of hydrogen-bond donors (Lipinski definition) is 2. The van der Waals surface area contributed by atoms with Crippen LogP contribution in [0.1, 0.15) is 29.6 Å². The number of aromatic nitrogens is 3. The molecule has 0 radical (unpaired) electrons. The smallest absolute Gasteiger partial charge is 0.253 e. The maximum Gasteiger partial charge on any atom is 0.253 e. The molecule has 2 N–H and O–H groups in total. The van der Waals surface area contributed by atoms with E-state index in [0.717, 1.165) is 53.8 Å². The van der Waals surface area contributed by atoms with Gasteiger partial charge < -0.3 is 9.88 Å². The normalized spacial score (nSPS) is 15.4. The highest BCUT2D eigenvalue weighted by Crippen LogP contribution is 2.24. The zero-order valence-electron chi connectivity index (χ0n) is 12.3. The third-order valence-electron chi connectivity index (χ3n) is 4.30. The number of benzene rings is 1. The van der Waals surface area contributed by atoms with Gasteiger partial charge in [-0.05, 0) is 49.6 Å². The Labute approximate surface area is 128 Å². The van der Waals surface area contributed by atoms with Crippen molar-refractivity contribution in [1.82, 2.24) is 20.1 Å². The maximum atomic E-state index is 12.6. The Morgan fingerprint density at radius 3 is 2.68 bits per heavy atom. The quantitative estimate of drug-likeness (QED) is 0.762. The zero-order valence-corrected chi connectivity index (χ0v) is 12.3. The van der Waals surface area contributed by atoms with E-state index >= 15 is 0 Å². The van der Waals surface area contributed by atoms with E-state index in [1.54, 1.807) is 6.20 Å². The number of aromatic amines is 2. The number of carbonyl (C=O) groups excluding carboxylic acids is 1. The number of likely N-dealkylation sites (tertiary alicyclic amines) is 1. The first kappa shape index (κ1) is 13.1. The van der Waals surface area contributed by atoms with E-state index < -0.39 is 0 Å². The lowest BCUT2D eigenvalue weighted by molar-refractivity contribution is 0.0724. The van der Waals surface area contributed by atoms with Gasteiger partial charge in [-0.2, -0.15) is 5.10 Å². The van der Waals surface area contributed by atoms with Gasteiger partial charge >= 0.3 is 0 Å². The Morgan fingerprint density at radius 1 is 1.05 bits per heavy atom. The van der Waals surface area contributed by atoms with E-state index in [1.165, 1.54) is 6.42 Å². The fourth-order valence-electron chi connectivity index (χ4n) is 3.10. The Balaban J connectivity index is 1.66. The van der Waals surface area contributed by atoms with Gasteiger partial charge in [0.15, 0.2) is 0 Å². The second-order valence-corrected chi connectivity index (χ2v) is 5.81. The molecule has 1 saturated heterocycles. The molecule has 4 rings (SSSR count). The molecule has 3 heterocycles. The standard InChI is InChI=1S/C17H18N4O/c22-17(21-8-2-1-3-9-21)12-4-5-14-13(10-12)11-16(19-14)15-6-7-18-20-15/h4-7,10-11,19H,1-3,8-9H2,(H,18,20). The van der Waals surface area contributed by atoms with Crippen molar-refractivity contribution in [3.05, 3.63) is 42.1 Å². The molecular formula is C17H18N4O. The van der Waals surface area contributed by atoms with Crippen molar-refractivity contribution in [1.29, 1.82) is 0 Å². The highest BCUT2D eigenvalue weighted by Gasteiger charge is 2.18. The number of hydrogen-bond acceptors (Lipinski definition) is 2. The summed E-state index contributed by atoms with van der Waals surface area (Å²) in [6, 6.07) is 9.84. The molecule has 0 aliphatic carbocycles. The molecule has 1 fully saturated rings. The van der Waals surface area contributed by atoms with Crippen LogP contribution in [0.5, 0.6) is 0 Å². The van der Waals surface area contributed by atoms with Crippen molar-refractivity contribution < 1.29 is 4.79 Å². The molecule has 1 amide bonds. The highest BCUT2D eigenvalue weighted by molar-refractivity contribution is 5.99. The number of carbonyl (C=O) groups is 1. The molecule has 0 saturated carbocycles. The van der Waals surface area contributed by atoms with Crippen LogP contribution in [0, 0.1) is 0 Å². The predicted molar refractivity (Wildman–Crippen MR) is 85.6 cm³/mol. The molecule has 5 nitrogen and oxygen atoms in total. The predicted octanol–water partition coefficient (Wildman–Crippen LogP) is 3.18.